The number of methoxy groups -OCH3 is 1. The lowest BCUT2D eigenvalue weighted by Crippen LogP contribution is -2.49. The number of pyridine rings is 1. The number of amides is 3. The molecule has 1 saturated heterocycles. The van der Waals surface area contributed by atoms with Gasteiger partial charge in [0.25, 0.3) is 5.91 Å². The average molecular weight is 547 g/mol. The summed E-state index contributed by atoms with van der Waals surface area (Å²) in [6.45, 7) is 1.15. The van der Waals surface area contributed by atoms with Crippen molar-refractivity contribution in [2.45, 2.75) is 31.6 Å². The zero-order valence-corrected chi connectivity index (χ0v) is 22.0. The summed E-state index contributed by atoms with van der Waals surface area (Å²) in [5, 5.41) is 7.75. The third-order valence-electron chi connectivity index (χ3n) is 7.12. The van der Waals surface area contributed by atoms with Gasteiger partial charge in [0, 0.05) is 17.2 Å². The van der Waals surface area contributed by atoms with E-state index in [1.807, 2.05) is 43.3 Å². The van der Waals surface area contributed by atoms with Gasteiger partial charge in [-0.15, -0.1) is 0 Å². The van der Waals surface area contributed by atoms with Crippen LogP contribution in [0.3, 0.4) is 0 Å². The molecule has 0 radical (unpaired) electrons. The topological polar surface area (TPSA) is 101 Å². The van der Waals surface area contributed by atoms with Crippen molar-refractivity contribution in [3.05, 3.63) is 83.8 Å². The van der Waals surface area contributed by atoms with Crippen molar-refractivity contribution in [2.75, 3.05) is 20.2 Å². The molecule has 1 aliphatic heterocycles. The molecule has 40 heavy (non-hydrogen) atoms. The van der Waals surface area contributed by atoms with E-state index in [0.717, 1.165) is 21.2 Å². The minimum absolute atomic E-state index is 0.0477. The van der Waals surface area contributed by atoms with Crippen LogP contribution in [-0.4, -0.2) is 60.0 Å². The Morgan fingerprint density at radius 2 is 1.85 bits per heavy atom. The van der Waals surface area contributed by atoms with Crippen LogP contribution in [-0.2, 0) is 9.59 Å². The van der Waals surface area contributed by atoms with E-state index in [9.17, 15) is 23.2 Å². The molecule has 1 fully saturated rings. The molecule has 3 aromatic carbocycles. The quantitative estimate of drug-likeness (QED) is 0.364. The number of aromatic nitrogens is 1. The molecule has 3 atom stereocenters. The SMILES string of the molecule is COc1ccc([C@H](C)NC(=O)C2C[C@@H](F)CN2C(=O)CNC(=O)c2ccc3cc(F)ccc3n2)c2ccccc12. The monoisotopic (exact) mass is 546 g/mol. The molecular formula is C30H28F2N4O4. The van der Waals surface area contributed by atoms with Gasteiger partial charge in [-0.25, -0.2) is 13.8 Å². The zero-order chi connectivity index (χ0) is 28.4. The molecule has 2 N–H and O–H groups in total. The van der Waals surface area contributed by atoms with Gasteiger partial charge in [0.1, 0.15) is 29.5 Å². The van der Waals surface area contributed by atoms with Crippen LogP contribution in [0, 0.1) is 5.82 Å². The number of nitrogens with one attached hydrogen (secondary N) is 2. The summed E-state index contributed by atoms with van der Waals surface area (Å²) >= 11 is 0. The highest BCUT2D eigenvalue weighted by molar-refractivity contribution is 5.98. The maximum atomic E-state index is 14.4. The molecule has 206 valence electrons. The van der Waals surface area contributed by atoms with Crippen LogP contribution >= 0.6 is 0 Å². The van der Waals surface area contributed by atoms with Gasteiger partial charge in [-0.2, -0.15) is 0 Å². The predicted molar refractivity (Wildman–Crippen MR) is 146 cm³/mol. The minimum Gasteiger partial charge on any atom is -0.496 e. The van der Waals surface area contributed by atoms with Crippen molar-refractivity contribution in [3.8, 4) is 5.75 Å². The molecule has 8 nitrogen and oxygen atoms in total. The van der Waals surface area contributed by atoms with Gasteiger partial charge in [0.15, 0.2) is 0 Å². The maximum Gasteiger partial charge on any atom is 0.270 e. The molecule has 0 saturated carbocycles. The summed E-state index contributed by atoms with van der Waals surface area (Å²) < 4.78 is 33.3. The van der Waals surface area contributed by atoms with Crippen molar-refractivity contribution >= 4 is 39.4 Å². The summed E-state index contributed by atoms with van der Waals surface area (Å²) in [6.07, 6.45) is -1.50. The molecule has 1 unspecified atom stereocenters. The molecule has 4 aromatic rings. The number of ether oxygens (including phenoxy) is 1. The third kappa shape index (κ3) is 5.42. The fourth-order valence-corrected chi connectivity index (χ4v) is 5.12. The lowest BCUT2D eigenvalue weighted by atomic mass is 9.98. The Labute approximate surface area is 229 Å². The number of likely N-dealkylation sites (tertiary alicyclic amines) is 1. The van der Waals surface area contributed by atoms with E-state index in [2.05, 4.69) is 15.6 Å². The molecule has 10 heteroatoms. The van der Waals surface area contributed by atoms with Crippen LogP contribution < -0.4 is 15.4 Å². The Morgan fingerprint density at radius 1 is 1.07 bits per heavy atom. The molecule has 2 heterocycles. The van der Waals surface area contributed by atoms with E-state index >= 15 is 0 Å². The van der Waals surface area contributed by atoms with Crippen LogP contribution in [0.1, 0.15) is 35.4 Å². The predicted octanol–water partition coefficient (Wildman–Crippen LogP) is 4.08. The van der Waals surface area contributed by atoms with Crippen LogP contribution in [0.5, 0.6) is 5.75 Å². The van der Waals surface area contributed by atoms with Gasteiger partial charge in [-0.1, -0.05) is 36.4 Å². The Balaban J connectivity index is 1.25. The largest absolute Gasteiger partial charge is 0.496 e. The van der Waals surface area contributed by atoms with Gasteiger partial charge in [-0.3, -0.25) is 14.4 Å². The standard InChI is InChI=1S/C30H28F2N4O4/c1-17(21-9-12-27(40-2)23-6-4-3-5-22(21)23)34-30(39)26-14-20(32)16-36(26)28(37)15-33-29(38)25-10-7-18-13-19(31)8-11-24(18)35-25/h3-13,17,20,26H,14-16H2,1-2H3,(H,33,38)(H,34,39)/t17-,20+,26?/m0/s1. The third-order valence-corrected chi connectivity index (χ3v) is 7.12. The Bertz CT molecular complexity index is 1610. The lowest BCUT2D eigenvalue weighted by Gasteiger charge is -2.26. The van der Waals surface area contributed by atoms with E-state index in [1.165, 1.54) is 24.3 Å². The van der Waals surface area contributed by atoms with E-state index in [0.29, 0.717) is 16.7 Å². The molecule has 1 aromatic heterocycles. The van der Waals surface area contributed by atoms with Gasteiger partial charge >= 0.3 is 0 Å². The zero-order valence-electron chi connectivity index (χ0n) is 22.0. The van der Waals surface area contributed by atoms with E-state index in [4.69, 9.17) is 4.74 Å². The number of fused-ring (bicyclic) bond motifs is 2. The number of benzene rings is 3. The fourth-order valence-electron chi connectivity index (χ4n) is 5.12. The Kier molecular flexibility index (Phi) is 7.59. The number of halogens is 2. The summed E-state index contributed by atoms with van der Waals surface area (Å²) in [5.41, 5.74) is 1.33. The second kappa shape index (κ2) is 11.3. The van der Waals surface area contributed by atoms with Crippen molar-refractivity contribution in [1.82, 2.24) is 20.5 Å². The molecular weight excluding hydrogens is 518 g/mol. The number of carbonyl (C=O) groups is 3. The van der Waals surface area contributed by atoms with Gasteiger partial charge in [0.2, 0.25) is 11.8 Å². The molecule has 3 amide bonds. The van der Waals surface area contributed by atoms with Crippen molar-refractivity contribution in [3.63, 3.8) is 0 Å². The first-order valence-electron chi connectivity index (χ1n) is 12.9. The second-order valence-corrected chi connectivity index (χ2v) is 9.74. The summed E-state index contributed by atoms with van der Waals surface area (Å²) in [7, 11) is 1.59. The Hall–Kier alpha value is -4.60. The highest BCUT2D eigenvalue weighted by Crippen LogP contribution is 2.32. The molecule has 1 aliphatic rings. The highest BCUT2D eigenvalue weighted by Gasteiger charge is 2.40. The number of rotatable bonds is 7. The normalized spacial score (nSPS) is 17.6. The number of hydrogen-bond donors (Lipinski definition) is 2. The lowest BCUT2D eigenvalue weighted by molar-refractivity contribution is -0.138. The van der Waals surface area contributed by atoms with Crippen molar-refractivity contribution < 1.29 is 27.9 Å². The smallest absolute Gasteiger partial charge is 0.270 e. The molecule has 0 spiro atoms. The molecule has 0 aliphatic carbocycles. The Morgan fingerprint density at radius 3 is 2.62 bits per heavy atom. The van der Waals surface area contributed by atoms with Crippen molar-refractivity contribution in [1.29, 1.82) is 0 Å². The molecule has 5 rings (SSSR count). The minimum atomic E-state index is -1.37. The van der Waals surface area contributed by atoms with Crippen LogP contribution in [0.2, 0.25) is 0 Å². The first-order chi connectivity index (χ1) is 19.2. The van der Waals surface area contributed by atoms with Gasteiger partial charge in [0.05, 0.1) is 31.8 Å². The first-order valence-corrected chi connectivity index (χ1v) is 12.9. The number of hydrogen-bond acceptors (Lipinski definition) is 5. The number of carbonyl (C=O) groups excluding carboxylic acids is 3. The maximum absolute atomic E-state index is 14.4. The highest BCUT2D eigenvalue weighted by atomic mass is 19.1. The first kappa shape index (κ1) is 27.0. The van der Waals surface area contributed by atoms with Gasteiger partial charge in [-0.05, 0) is 48.2 Å². The van der Waals surface area contributed by atoms with E-state index in [1.54, 1.807) is 13.2 Å². The van der Waals surface area contributed by atoms with Crippen molar-refractivity contribution in [2.24, 2.45) is 0 Å². The van der Waals surface area contributed by atoms with Crippen LogP contribution in [0.25, 0.3) is 21.7 Å². The number of nitrogens with zero attached hydrogens (tertiary/aromatic N) is 2. The summed E-state index contributed by atoms with van der Waals surface area (Å²) in [6, 6.07) is 16.9. The van der Waals surface area contributed by atoms with E-state index < -0.39 is 48.3 Å². The van der Waals surface area contributed by atoms with Crippen LogP contribution in [0.15, 0.2) is 66.7 Å². The average Bonchev–Trinajstić information content (AvgIpc) is 3.36. The summed E-state index contributed by atoms with van der Waals surface area (Å²) in [4.78, 5) is 44.2. The molecule has 0 bridgehead atoms. The van der Waals surface area contributed by atoms with Crippen LogP contribution in [0.4, 0.5) is 8.78 Å². The number of alkyl halides is 1. The summed E-state index contributed by atoms with van der Waals surface area (Å²) in [5.74, 6) is -1.38. The van der Waals surface area contributed by atoms with Gasteiger partial charge < -0.3 is 20.3 Å². The second-order valence-electron chi connectivity index (χ2n) is 9.74. The van der Waals surface area contributed by atoms with E-state index in [-0.39, 0.29) is 18.7 Å². The fraction of sp³-hybridized carbons (Fsp3) is 0.267.